The minimum absolute atomic E-state index is 0.175. The van der Waals surface area contributed by atoms with Gasteiger partial charge in [0.15, 0.2) is 0 Å². The molecule has 1 saturated carbocycles. The number of nitrogens with one attached hydrogen (secondary N) is 1. The lowest BCUT2D eigenvalue weighted by molar-refractivity contribution is -0.0283. The molecule has 0 bridgehead atoms. The largest absolute Gasteiger partial charge is 0.368 e. The molecule has 2 fully saturated rings. The van der Waals surface area contributed by atoms with Crippen LogP contribution in [0.3, 0.4) is 0 Å². The van der Waals surface area contributed by atoms with Crippen LogP contribution >= 0.6 is 11.3 Å². The fourth-order valence-electron chi connectivity index (χ4n) is 2.76. The van der Waals surface area contributed by atoms with E-state index in [2.05, 4.69) is 31.0 Å². The molecule has 118 valence electrons. The van der Waals surface area contributed by atoms with E-state index in [0.29, 0.717) is 12.0 Å². The Hall–Kier alpha value is -0.490. The predicted octanol–water partition coefficient (Wildman–Crippen LogP) is 2.91. The van der Waals surface area contributed by atoms with Crippen molar-refractivity contribution in [2.24, 2.45) is 0 Å². The van der Waals surface area contributed by atoms with E-state index in [1.807, 2.05) is 11.3 Å². The summed E-state index contributed by atoms with van der Waals surface area (Å²) in [6.07, 6.45) is 2.79. The van der Waals surface area contributed by atoms with Crippen LogP contribution in [0.25, 0.3) is 0 Å². The maximum Gasteiger partial charge on any atom is 0.123 e. The Morgan fingerprint density at radius 3 is 2.90 bits per heavy atom. The van der Waals surface area contributed by atoms with Gasteiger partial charge in [-0.1, -0.05) is 20.8 Å². The molecule has 3 rings (SSSR count). The van der Waals surface area contributed by atoms with E-state index in [0.717, 1.165) is 32.8 Å². The second-order valence-electron chi connectivity index (χ2n) is 6.42. The highest BCUT2D eigenvalue weighted by molar-refractivity contribution is 7.11. The van der Waals surface area contributed by atoms with Gasteiger partial charge in [0.2, 0.25) is 0 Å². The van der Waals surface area contributed by atoms with E-state index in [-0.39, 0.29) is 6.10 Å². The van der Waals surface area contributed by atoms with Crippen LogP contribution in [0.5, 0.6) is 0 Å². The monoisotopic (exact) mass is 309 g/mol. The normalized spacial score (nSPS) is 23.9. The molecule has 0 aromatic carbocycles. The smallest absolute Gasteiger partial charge is 0.123 e. The Balaban J connectivity index is 1.74. The first-order chi connectivity index (χ1) is 10.2. The minimum atomic E-state index is 0.175. The lowest BCUT2D eigenvalue weighted by Gasteiger charge is -2.30. The molecule has 1 atom stereocenters. The Labute approximate surface area is 131 Å². The van der Waals surface area contributed by atoms with Gasteiger partial charge >= 0.3 is 0 Å². The summed E-state index contributed by atoms with van der Waals surface area (Å²) in [5, 5.41) is 4.73. The van der Waals surface area contributed by atoms with Gasteiger partial charge in [0, 0.05) is 36.5 Å². The summed E-state index contributed by atoms with van der Waals surface area (Å²) in [6.45, 7) is 11.5. The van der Waals surface area contributed by atoms with E-state index in [9.17, 15) is 0 Å². The fraction of sp³-hybridized carbons (Fsp3) is 0.812. The molecular formula is C16H27N3OS. The lowest BCUT2D eigenvalue weighted by Crippen LogP contribution is -2.38. The van der Waals surface area contributed by atoms with Crippen LogP contribution in [0.4, 0.5) is 0 Å². The summed E-state index contributed by atoms with van der Waals surface area (Å²) in [4.78, 5) is 8.86. The predicted molar refractivity (Wildman–Crippen MR) is 86.9 cm³/mol. The topological polar surface area (TPSA) is 37.4 Å². The van der Waals surface area contributed by atoms with Crippen LogP contribution in [-0.4, -0.2) is 42.2 Å². The summed E-state index contributed by atoms with van der Waals surface area (Å²) in [5.74, 6) is 0.713. The highest BCUT2D eigenvalue weighted by Gasteiger charge is 2.32. The maximum atomic E-state index is 5.98. The van der Waals surface area contributed by atoms with Crippen molar-refractivity contribution in [3.8, 4) is 0 Å². The molecule has 1 aromatic rings. The van der Waals surface area contributed by atoms with E-state index < -0.39 is 0 Å². The van der Waals surface area contributed by atoms with Crippen molar-refractivity contribution in [1.29, 1.82) is 0 Å². The van der Waals surface area contributed by atoms with Gasteiger partial charge in [0.05, 0.1) is 12.3 Å². The Morgan fingerprint density at radius 1 is 1.43 bits per heavy atom. The molecule has 1 saturated heterocycles. The number of likely N-dealkylation sites (N-methyl/N-ethyl adjacent to an activating group) is 1. The number of hydrogen-bond acceptors (Lipinski definition) is 5. The summed E-state index contributed by atoms with van der Waals surface area (Å²) in [7, 11) is 0. The van der Waals surface area contributed by atoms with Gasteiger partial charge in [-0.2, -0.15) is 0 Å². The molecule has 0 spiro atoms. The van der Waals surface area contributed by atoms with Crippen molar-refractivity contribution in [3.63, 3.8) is 0 Å². The molecule has 5 heteroatoms. The van der Waals surface area contributed by atoms with Gasteiger partial charge in [0.25, 0.3) is 0 Å². The Morgan fingerprint density at radius 2 is 2.24 bits per heavy atom. The zero-order valence-electron chi connectivity index (χ0n) is 13.4. The lowest BCUT2D eigenvalue weighted by atomic mass is 10.2. The van der Waals surface area contributed by atoms with Crippen molar-refractivity contribution in [1.82, 2.24) is 15.2 Å². The SMILES string of the molecule is CCN1CCOC(c2nc(C3CC3)c(CNC(C)C)s2)C1. The average Bonchev–Trinajstić information content (AvgIpc) is 3.25. The third kappa shape index (κ3) is 3.83. The highest BCUT2D eigenvalue weighted by Crippen LogP contribution is 2.43. The molecule has 1 unspecified atom stereocenters. The Bertz CT molecular complexity index is 470. The van der Waals surface area contributed by atoms with Crippen molar-refractivity contribution in [2.75, 3.05) is 26.2 Å². The zero-order chi connectivity index (χ0) is 14.8. The third-order valence-corrected chi connectivity index (χ3v) is 5.42. The number of nitrogens with zero attached hydrogens (tertiary/aromatic N) is 2. The van der Waals surface area contributed by atoms with Crippen molar-refractivity contribution in [3.05, 3.63) is 15.6 Å². The number of ether oxygens (including phenoxy) is 1. The molecule has 21 heavy (non-hydrogen) atoms. The standard InChI is InChI=1S/C16H27N3OS/c1-4-19-7-8-20-13(10-19)16-18-15(12-5-6-12)14(21-16)9-17-11(2)3/h11-13,17H,4-10H2,1-3H3. The van der Waals surface area contributed by atoms with Crippen LogP contribution in [0.2, 0.25) is 0 Å². The Kier molecular flexibility index (Phi) is 4.94. The number of hydrogen-bond donors (Lipinski definition) is 1. The first-order valence-electron chi connectivity index (χ1n) is 8.24. The zero-order valence-corrected chi connectivity index (χ0v) is 14.2. The first-order valence-corrected chi connectivity index (χ1v) is 9.05. The summed E-state index contributed by atoms with van der Waals surface area (Å²) >= 11 is 1.86. The molecule has 4 nitrogen and oxygen atoms in total. The maximum absolute atomic E-state index is 5.98. The molecule has 1 N–H and O–H groups in total. The summed E-state index contributed by atoms with van der Waals surface area (Å²) in [5.41, 5.74) is 1.35. The number of rotatable bonds is 6. The number of morpholine rings is 1. The molecule has 2 aliphatic rings. The van der Waals surface area contributed by atoms with Gasteiger partial charge in [-0.05, 0) is 19.4 Å². The molecule has 2 heterocycles. The molecule has 0 radical (unpaired) electrons. The molecule has 1 aliphatic heterocycles. The van der Waals surface area contributed by atoms with Crippen LogP contribution < -0.4 is 5.32 Å². The number of aromatic nitrogens is 1. The highest BCUT2D eigenvalue weighted by atomic mass is 32.1. The van der Waals surface area contributed by atoms with Crippen LogP contribution in [0.15, 0.2) is 0 Å². The molecule has 1 aliphatic carbocycles. The van der Waals surface area contributed by atoms with E-state index in [1.165, 1.54) is 28.4 Å². The van der Waals surface area contributed by atoms with Gasteiger partial charge in [-0.15, -0.1) is 11.3 Å². The van der Waals surface area contributed by atoms with E-state index in [4.69, 9.17) is 9.72 Å². The third-order valence-electron chi connectivity index (χ3n) is 4.25. The van der Waals surface area contributed by atoms with Crippen LogP contribution in [0, 0.1) is 0 Å². The first kappa shape index (κ1) is 15.4. The van der Waals surface area contributed by atoms with Gasteiger partial charge in [-0.25, -0.2) is 4.98 Å². The average molecular weight is 309 g/mol. The fourth-order valence-corrected chi connectivity index (χ4v) is 3.90. The second kappa shape index (κ2) is 6.73. The van der Waals surface area contributed by atoms with E-state index in [1.54, 1.807) is 0 Å². The molecule has 0 amide bonds. The van der Waals surface area contributed by atoms with Crippen molar-refractivity contribution >= 4 is 11.3 Å². The van der Waals surface area contributed by atoms with E-state index >= 15 is 0 Å². The van der Waals surface area contributed by atoms with Crippen molar-refractivity contribution < 1.29 is 4.74 Å². The summed E-state index contributed by atoms with van der Waals surface area (Å²) in [6, 6.07) is 0.518. The minimum Gasteiger partial charge on any atom is -0.368 e. The van der Waals surface area contributed by atoms with Crippen LogP contribution in [-0.2, 0) is 11.3 Å². The second-order valence-corrected chi connectivity index (χ2v) is 7.54. The van der Waals surface area contributed by atoms with Crippen molar-refractivity contribution in [2.45, 2.75) is 58.2 Å². The molecule has 1 aromatic heterocycles. The molecular weight excluding hydrogens is 282 g/mol. The summed E-state index contributed by atoms with van der Waals surface area (Å²) < 4.78 is 5.98. The van der Waals surface area contributed by atoms with Crippen LogP contribution in [0.1, 0.15) is 61.2 Å². The quantitative estimate of drug-likeness (QED) is 0.877. The van der Waals surface area contributed by atoms with Gasteiger partial charge in [0.1, 0.15) is 11.1 Å². The van der Waals surface area contributed by atoms with Gasteiger partial charge < -0.3 is 10.1 Å². The number of thiazole rings is 1. The van der Waals surface area contributed by atoms with Gasteiger partial charge in [-0.3, -0.25) is 4.90 Å².